The van der Waals surface area contributed by atoms with Gasteiger partial charge in [-0.15, -0.1) is 5.10 Å². The number of nitrogens with zero attached hydrogens (tertiary/aromatic N) is 5. The number of rotatable bonds is 7. The summed E-state index contributed by atoms with van der Waals surface area (Å²) in [5, 5.41) is 12.0. The van der Waals surface area contributed by atoms with Crippen LogP contribution in [0.4, 0.5) is 5.69 Å². The number of halogens is 1. The molecule has 0 saturated heterocycles. The maximum Gasteiger partial charge on any atom is 0.278 e. The number of amides is 1. The number of carbonyl (C=O) groups is 1. The summed E-state index contributed by atoms with van der Waals surface area (Å²) in [6, 6.07) is 14.8. The van der Waals surface area contributed by atoms with Gasteiger partial charge in [0.1, 0.15) is 5.75 Å². The first-order valence-corrected chi connectivity index (χ1v) is 11.4. The first-order valence-electron chi connectivity index (χ1n) is 9.61. The molecule has 10 heteroatoms. The summed E-state index contributed by atoms with van der Waals surface area (Å²) < 4.78 is 7.83. The van der Waals surface area contributed by atoms with Crippen LogP contribution in [-0.2, 0) is 5.75 Å². The van der Waals surface area contributed by atoms with Crippen molar-refractivity contribution in [1.82, 2.24) is 25.0 Å². The van der Waals surface area contributed by atoms with Crippen LogP contribution in [0.2, 0.25) is 0 Å². The predicted octanol–water partition coefficient (Wildman–Crippen LogP) is 4.68. The number of aromatic nitrogens is 5. The first kappa shape index (κ1) is 22.0. The third-order valence-electron chi connectivity index (χ3n) is 4.61. The Bertz CT molecular complexity index is 1230. The highest BCUT2D eigenvalue weighted by molar-refractivity contribution is 9.10. The van der Waals surface area contributed by atoms with Gasteiger partial charge in [0.2, 0.25) is 0 Å². The lowest BCUT2D eigenvalue weighted by Crippen LogP contribution is -2.16. The Morgan fingerprint density at radius 1 is 1.16 bits per heavy atom. The van der Waals surface area contributed by atoms with Gasteiger partial charge in [0, 0.05) is 28.3 Å². The summed E-state index contributed by atoms with van der Waals surface area (Å²) in [6.45, 7) is 1.93. The Morgan fingerprint density at radius 2 is 1.91 bits per heavy atom. The SMILES string of the molecule is COc1ccc(-n2nnc(C(=O)Nc3ccc(Br)cc3C)c2CSc2ncccn2)cc1. The van der Waals surface area contributed by atoms with E-state index in [1.807, 2.05) is 49.4 Å². The van der Waals surface area contributed by atoms with E-state index in [9.17, 15) is 4.79 Å². The number of ether oxygens (including phenoxy) is 1. The van der Waals surface area contributed by atoms with E-state index in [0.717, 1.165) is 21.5 Å². The van der Waals surface area contributed by atoms with E-state index < -0.39 is 0 Å². The zero-order valence-electron chi connectivity index (χ0n) is 17.3. The summed E-state index contributed by atoms with van der Waals surface area (Å²) in [5.41, 5.74) is 3.29. The topological polar surface area (TPSA) is 94.8 Å². The van der Waals surface area contributed by atoms with Crippen LogP contribution in [0.1, 0.15) is 21.7 Å². The standard InChI is InChI=1S/C22H19BrN6O2S/c1-14-12-15(23)4-9-18(14)26-21(30)20-19(13-32-22-24-10-3-11-25-22)29(28-27-20)16-5-7-17(31-2)8-6-16/h3-12H,13H2,1-2H3,(H,26,30). The number of benzene rings is 2. The second-order valence-corrected chi connectivity index (χ2v) is 8.59. The second kappa shape index (κ2) is 9.92. The van der Waals surface area contributed by atoms with Crippen molar-refractivity contribution in [2.45, 2.75) is 17.8 Å². The van der Waals surface area contributed by atoms with Crippen LogP contribution in [0.3, 0.4) is 0 Å². The molecule has 162 valence electrons. The molecule has 0 aliphatic heterocycles. The molecule has 0 bridgehead atoms. The molecule has 2 heterocycles. The fraction of sp³-hybridized carbons (Fsp3) is 0.136. The van der Waals surface area contributed by atoms with Crippen molar-refractivity contribution < 1.29 is 9.53 Å². The molecule has 0 atom stereocenters. The van der Waals surface area contributed by atoms with Gasteiger partial charge in [-0.3, -0.25) is 4.79 Å². The monoisotopic (exact) mass is 510 g/mol. The maximum absolute atomic E-state index is 13.1. The van der Waals surface area contributed by atoms with Gasteiger partial charge in [0.25, 0.3) is 5.91 Å². The zero-order chi connectivity index (χ0) is 22.5. The molecule has 0 aliphatic rings. The molecule has 0 unspecified atom stereocenters. The number of aryl methyl sites for hydroxylation is 1. The highest BCUT2D eigenvalue weighted by Crippen LogP contribution is 2.25. The molecule has 32 heavy (non-hydrogen) atoms. The maximum atomic E-state index is 13.1. The predicted molar refractivity (Wildman–Crippen MR) is 126 cm³/mol. The lowest BCUT2D eigenvalue weighted by molar-refractivity contribution is 0.102. The second-order valence-electron chi connectivity index (χ2n) is 6.73. The molecule has 2 aromatic heterocycles. The third-order valence-corrected chi connectivity index (χ3v) is 5.99. The van der Waals surface area contributed by atoms with Crippen molar-refractivity contribution in [3.05, 3.63) is 82.3 Å². The molecule has 4 rings (SSSR count). The van der Waals surface area contributed by atoms with Gasteiger partial charge in [-0.2, -0.15) is 0 Å². The molecular formula is C22H19BrN6O2S. The Labute approximate surface area is 197 Å². The average Bonchev–Trinajstić information content (AvgIpc) is 3.24. The Morgan fingerprint density at radius 3 is 2.59 bits per heavy atom. The smallest absolute Gasteiger partial charge is 0.278 e. The van der Waals surface area contributed by atoms with Crippen LogP contribution < -0.4 is 10.1 Å². The highest BCUT2D eigenvalue weighted by Gasteiger charge is 2.22. The fourth-order valence-electron chi connectivity index (χ4n) is 2.98. The van der Waals surface area contributed by atoms with E-state index >= 15 is 0 Å². The van der Waals surface area contributed by atoms with E-state index in [-0.39, 0.29) is 11.6 Å². The first-order chi connectivity index (χ1) is 15.5. The molecule has 8 nitrogen and oxygen atoms in total. The summed E-state index contributed by atoms with van der Waals surface area (Å²) in [4.78, 5) is 21.6. The van der Waals surface area contributed by atoms with Crippen LogP contribution in [0.5, 0.6) is 5.75 Å². The van der Waals surface area contributed by atoms with Gasteiger partial charge in [0.15, 0.2) is 10.9 Å². The Kier molecular flexibility index (Phi) is 6.81. The van der Waals surface area contributed by atoms with Gasteiger partial charge >= 0.3 is 0 Å². The van der Waals surface area contributed by atoms with Gasteiger partial charge in [-0.1, -0.05) is 32.9 Å². The summed E-state index contributed by atoms with van der Waals surface area (Å²) in [5.74, 6) is 0.802. The van der Waals surface area contributed by atoms with Crippen LogP contribution >= 0.6 is 27.7 Å². The minimum Gasteiger partial charge on any atom is -0.497 e. The fourth-order valence-corrected chi connectivity index (χ4v) is 4.25. The zero-order valence-corrected chi connectivity index (χ0v) is 19.7. The van der Waals surface area contributed by atoms with Gasteiger partial charge in [-0.05, 0) is 61.0 Å². The molecule has 1 N–H and O–H groups in total. The number of thioether (sulfide) groups is 1. The van der Waals surface area contributed by atoms with Crippen LogP contribution in [0, 0.1) is 6.92 Å². The van der Waals surface area contributed by atoms with Crippen molar-refractivity contribution in [2.75, 3.05) is 12.4 Å². The Balaban J connectivity index is 1.67. The van der Waals surface area contributed by atoms with Gasteiger partial charge < -0.3 is 10.1 Å². The number of carbonyl (C=O) groups excluding carboxylic acids is 1. The minimum atomic E-state index is -0.334. The van der Waals surface area contributed by atoms with E-state index in [2.05, 4.69) is 41.5 Å². The molecule has 0 aliphatic carbocycles. The third kappa shape index (κ3) is 4.97. The van der Waals surface area contributed by atoms with Crippen molar-refractivity contribution in [3.8, 4) is 11.4 Å². The van der Waals surface area contributed by atoms with Crippen molar-refractivity contribution in [3.63, 3.8) is 0 Å². The number of anilines is 1. The lowest BCUT2D eigenvalue weighted by atomic mass is 10.2. The summed E-state index contributed by atoms with van der Waals surface area (Å²) in [7, 11) is 1.61. The summed E-state index contributed by atoms with van der Waals surface area (Å²) >= 11 is 4.84. The van der Waals surface area contributed by atoms with Crippen LogP contribution in [0.25, 0.3) is 5.69 Å². The largest absolute Gasteiger partial charge is 0.497 e. The number of methoxy groups -OCH3 is 1. The highest BCUT2D eigenvalue weighted by atomic mass is 79.9. The van der Waals surface area contributed by atoms with Crippen LogP contribution in [0.15, 0.2) is 70.6 Å². The Hall–Kier alpha value is -3.24. The van der Waals surface area contributed by atoms with Crippen LogP contribution in [-0.4, -0.2) is 38.0 Å². The molecule has 0 fully saturated rings. The van der Waals surface area contributed by atoms with E-state index in [4.69, 9.17) is 4.74 Å². The molecule has 0 saturated carbocycles. The number of hydrogen-bond acceptors (Lipinski definition) is 7. The van der Waals surface area contributed by atoms with Crippen molar-refractivity contribution in [1.29, 1.82) is 0 Å². The molecule has 0 radical (unpaired) electrons. The van der Waals surface area contributed by atoms with E-state index in [1.165, 1.54) is 11.8 Å². The molecule has 0 spiro atoms. The minimum absolute atomic E-state index is 0.242. The normalized spacial score (nSPS) is 10.7. The number of nitrogens with one attached hydrogen (secondary N) is 1. The molecule has 2 aromatic carbocycles. The average molecular weight is 511 g/mol. The molecular weight excluding hydrogens is 492 g/mol. The van der Waals surface area contributed by atoms with E-state index in [0.29, 0.717) is 22.3 Å². The van der Waals surface area contributed by atoms with Crippen molar-refractivity contribution in [2.24, 2.45) is 0 Å². The number of hydrogen-bond donors (Lipinski definition) is 1. The van der Waals surface area contributed by atoms with Gasteiger partial charge in [-0.25, -0.2) is 14.6 Å². The quantitative estimate of drug-likeness (QED) is 0.284. The van der Waals surface area contributed by atoms with Gasteiger partial charge in [0.05, 0.1) is 18.5 Å². The summed E-state index contributed by atoms with van der Waals surface area (Å²) in [6.07, 6.45) is 3.36. The molecule has 4 aromatic rings. The van der Waals surface area contributed by atoms with Crippen molar-refractivity contribution >= 4 is 39.3 Å². The van der Waals surface area contributed by atoms with E-state index in [1.54, 1.807) is 30.3 Å². The lowest BCUT2D eigenvalue weighted by Gasteiger charge is -2.10. The molecule has 1 amide bonds.